The Balaban J connectivity index is 0.00000320. The molecule has 0 aliphatic carbocycles. The normalized spacial score (nSPS) is 14.3. The molecule has 1 aliphatic heterocycles. The number of rotatable bonds is 6. The quantitative estimate of drug-likeness (QED) is 0.253. The van der Waals surface area contributed by atoms with E-state index in [2.05, 4.69) is 30.4 Å². The number of nitrogens with zero attached hydrogens (tertiary/aromatic N) is 4. The van der Waals surface area contributed by atoms with Gasteiger partial charge in [-0.1, -0.05) is 0 Å². The van der Waals surface area contributed by atoms with Gasteiger partial charge in [-0.05, 0) is 38.1 Å². The molecule has 1 amide bonds. The van der Waals surface area contributed by atoms with Gasteiger partial charge in [-0.15, -0.1) is 35.3 Å². The number of guanidine groups is 1. The molecule has 0 radical (unpaired) electrons. The number of aliphatic imine (C=N–C) groups is 1. The number of thiazole rings is 1. The van der Waals surface area contributed by atoms with Crippen molar-refractivity contribution in [1.82, 2.24) is 20.5 Å². The van der Waals surface area contributed by atoms with Crippen molar-refractivity contribution < 1.29 is 9.18 Å². The van der Waals surface area contributed by atoms with Crippen LogP contribution >= 0.6 is 35.3 Å². The molecule has 0 unspecified atom stereocenters. The Morgan fingerprint density at radius 3 is 2.50 bits per heavy atom. The highest BCUT2D eigenvalue weighted by Crippen LogP contribution is 2.17. The number of hydrogen-bond donors (Lipinski definition) is 2. The molecular formula is C20H28FIN6OS. The second-order valence-electron chi connectivity index (χ2n) is 6.71. The van der Waals surface area contributed by atoms with Crippen molar-refractivity contribution in [1.29, 1.82) is 0 Å². The van der Waals surface area contributed by atoms with Crippen LogP contribution in [-0.4, -0.2) is 67.6 Å². The number of anilines is 1. The molecule has 1 aromatic heterocycles. The van der Waals surface area contributed by atoms with E-state index in [0.29, 0.717) is 18.0 Å². The number of aryl methyl sites for hydroxylation is 1. The second-order valence-corrected chi connectivity index (χ2v) is 7.56. The van der Waals surface area contributed by atoms with E-state index in [-0.39, 0.29) is 35.7 Å². The van der Waals surface area contributed by atoms with Crippen molar-refractivity contribution in [3.8, 4) is 0 Å². The molecule has 3 rings (SSSR count). The predicted octanol–water partition coefficient (Wildman–Crippen LogP) is 2.73. The number of benzene rings is 1. The number of amides is 1. The van der Waals surface area contributed by atoms with Crippen LogP contribution in [0.25, 0.3) is 0 Å². The molecule has 0 spiro atoms. The fourth-order valence-corrected chi connectivity index (χ4v) is 3.90. The third-order valence-electron chi connectivity index (χ3n) is 4.72. The van der Waals surface area contributed by atoms with Crippen LogP contribution in [0.15, 0.2) is 34.8 Å². The van der Waals surface area contributed by atoms with E-state index in [1.807, 2.05) is 26.0 Å². The average molecular weight is 546 g/mol. The summed E-state index contributed by atoms with van der Waals surface area (Å²) in [7, 11) is 0. The van der Waals surface area contributed by atoms with Gasteiger partial charge in [-0.2, -0.15) is 0 Å². The maximum atomic E-state index is 13.1. The summed E-state index contributed by atoms with van der Waals surface area (Å²) in [6.07, 6.45) is 0. The first kappa shape index (κ1) is 24.3. The Bertz CT molecular complexity index is 836. The zero-order chi connectivity index (χ0) is 20.6. The van der Waals surface area contributed by atoms with Gasteiger partial charge in [0.05, 0.1) is 17.7 Å². The molecule has 2 aromatic rings. The molecule has 0 saturated carbocycles. The largest absolute Gasteiger partial charge is 0.368 e. The monoisotopic (exact) mass is 546 g/mol. The van der Waals surface area contributed by atoms with Crippen LogP contribution in [0.3, 0.4) is 0 Å². The second kappa shape index (κ2) is 12.0. The summed E-state index contributed by atoms with van der Waals surface area (Å²) in [5.41, 5.74) is 3.47. The number of carbonyl (C=O) groups is 1. The Morgan fingerprint density at radius 2 is 1.90 bits per heavy atom. The van der Waals surface area contributed by atoms with Gasteiger partial charge in [0.1, 0.15) is 10.7 Å². The van der Waals surface area contributed by atoms with Gasteiger partial charge in [-0.3, -0.25) is 9.79 Å². The van der Waals surface area contributed by atoms with Crippen LogP contribution in [0.5, 0.6) is 0 Å². The van der Waals surface area contributed by atoms with E-state index in [1.165, 1.54) is 23.5 Å². The SMILES string of the molecule is CCNC(=NCCNC(=O)c1scnc1C)N1CCN(c2ccc(F)cc2)CC1.I. The highest BCUT2D eigenvalue weighted by molar-refractivity contribution is 14.0. The number of hydrogen-bond acceptors (Lipinski definition) is 5. The van der Waals surface area contributed by atoms with Crippen LogP contribution < -0.4 is 15.5 Å². The van der Waals surface area contributed by atoms with E-state index in [1.54, 1.807) is 5.51 Å². The number of piperazine rings is 1. The summed E-state index contributed by atoms with van der Waals surface area (Å²) < 4.78 is 13.1. The van der Waals surface area contributed by atoms with Crippen molar-refractivity contribution in [3.63, 3.8) is 0 Å². The first-order valence-electron chi connectivity index (χ1n) is 9.80. The van der Waals surface area contributed by atoms with Crippen LogP contribution in [-0.2, 0) is 0 Å². The standard InChI is InChI=1S/C20H27FN6OS.HI/c1-3-22-20(24-9-8-23-19(28)18-15(2)25-14-29-18)27-12-10-26(11-13-27)17-6-4-16(21)5-7-17;/h4-7,14H,3,8-13H2,1-2H3,(H,22,24)(H,23,28);1H. The molecule has 2 heterocycles. The average Bonchev–Trinajstić information content (AvgIpc) is 3.17. The minimum absolute atomic E-state index is 0. The summed E-state index contributed by atoms with van der Waals surface area (Å²) in [6, 6.07) is 6.63. The molecule has 0 bridgehead atoms. The first-order chi connectivity index (χ1) is 14.1. The lowest BCUT2D eigenvalue weighted by Crippen LogP contribution is -2.52. The van der Waals surface area contributed by atoms with Gasteiger partial charge in [-0.25, -0.2) is 9.37 Å². The molecule has 1 saturated heterocycles. The molecule has 10 heteroatoms. The van der Waals surface area contributed by atoms with Crippen molar-refractivity contribution >= 4 is 52.9 Å². The highest BCUT2D eigenvalue weighted by Gasteiger charge is 2.20. The Kier molecular flexibility index (Phi) is 9.76. The van der Waals surface area contributed by atoms with Gasteiger partial charge in [0.25, 0.3) is 5.91 Å². The number of nitrogens with one attached hydrogen (secondary N) is 2. The summed E-state index contributed by atoms with van der Waals surface area (Å²) in [5, 5.41) is 6.22. The minimum Gasteiger partial charge on any atom is -0.368 e. The van der Waals surface area contributed by atoms with Crippen LogP contribution in [0.2, 0.25) is 0 Å². The first-order valence-corrected chi connectivity index (χ1v) is 10.7. The number of aromatic nitrogens is 1. The third kappa shape index (κ3) is 6.53. The van der Waals surface area contributed by atoms with E-state index < -0.39 is 0 Å². The van der Waals surface area contributed by atoms with Crippen molar-refractivity contribution in [3.05, 3.63) is 46.2 Å². The van der Waals surface area contributed by atoms with E-state index >= 15 is 0 Å². The van der Waals surface area contributed by atoms with Crippen molar-refractivity contribution in [2.75, 3.05) is 50.7 Å². The Hall–Kier alpha value is -1.95. The van der Waals surface area contributed by atoms with Crippen LogP contribution in [0.1, 0.15) is 22.3 Å². The molecule has 30 heavy (non-hydrogen) atoms. The molecule has 2 N–H and O–H groups in total. The number of halogens is 2. The summed E-state index contributed by atoms with van der Waals surface area (Å²) >= 11 is 1.35. The predicted molar refractivity (Wildman–Crippen MR) is 131 cm³/mol. The smallest absolute Gasteiger partial charge is 0.263 e. The molecule has 7 nitrogen and oxygen atoms in total. The minimum atomic E-state index is -0.216. The summed E-state index contributed by atoms with van der Waals surface area (Å²) in [6.45, 7) is 8.98. The highest BCUT2D eigenvalue weighted by atomic mass is 127. The molecule has 1 aliphatic rings. The van der Waals surface area contributed by atoms with Gasteiger partial charge in [0.15, 0.2) is 5.96 Å². The lowest BCUT2D eigenvalue weighted by molar-refractivity contribution is 0.0958. The maximum Gasteiger partial charge on any atom is 0.263 e. The lowest BCUT2D eigenvalue weighted by Gasteiger charge is -2.37. The van der Waals surface area contributed by atoms with E-state index in [4.69, 9.17) is 0 Å². The van der Waals surface area contributed by atoms with Crippen molar-refractivity contribution in [2.45, 2.75) is 13.8 Å². The zero-order valence-corrected chi connectivity index (χ0v) is 20.4. The number of carbonyl (C=O) groups excluding carboxylic acids is 1. The van der Waals surface area contributed by atoms with Gasteiger partial charge in [0, 0.05) is 45.0 Å². The van der Waals surface area contributed by atoms with Gasteiger partial charge < -0.3 is 20.4 Å². The third-order valence-corrected chi connectivity index (χ3v) is 5.64. The van der Waals surface area contributed by atoms with Gasteiger partial charge in [0.2, 0.25) is 0 Å². The lowest BCUT2D eigenvalue weighted by atomic mass is 10.2. The zero-order valence-electron chi connectivity index (χ0n) is 17.2. The fourth-order valence-electron chi connectivity index (χ4n) is 3.19. The van der Waals surface area contributed by atoms with E-state index in [0.717, 1.165) is 50.1 Å². The fraction of sp³-hybridized carbons (Fsp3) is 0.450. The molecule has 0 atom stereocenters. The molecule has 1 fully saturated rings. The molecule has 1 aromatic carbocycles. The Morgan fingerprint density at radius 1 is 1.20 bits per heavy atom. The molecule has 164 valence electrons. The maximum absolute atomic E-state index is 13.1. The Labute approximate surface area is 197 Å². The van der Waals surface area contributed by atoms with E-state index in [9.17, 15) is 9.18 Å². The van der Waals surface area contributed by atoms with Crippen molar-refractivity contribution in [2.24, 2.45) is 4.99 Å². The summed E-state index contributed by atoms with van der Waals surface area (Å²) in [5.74, 6) is 0.541. The van der Waals surface area contributed by atoms with Crippen LogP contribution in [0.4, 0.5) is 10.1 Å². The molecular weight excluding hydrogens is 518 g/mol. The van der Waals surface area contributed by atoms with Crippen LogP contribution in [0, 0.1) is 12.7 Å². The summed E-state index contributed by atoms with van der Waals surface area (Å²) in [4.78, 5) is 26.0. The van der Waals surface area contributed by atoms with Gasteiger partial charge >= 0.3 is 0 Å². The topological polar surface area (TPSA) is 72.9 Å².